The molecule has 0 amide bonds. The van der Waals surface area contributed by atoms with Crippen molar-refractivity contribution in [2.75, 3.05) is 49.4 Å². The Bertz CT molecular complexity index is 1140. The summed E-state index contributed by atoms with van der Waals surface area (Å²) in [6.45, 7) is 4.04. The number of hydrogen-bond acceptors (Lipinski definition) is 9. The summed E-state index contributed by atoms with van der Waals surface area (Å²) in [5, 5.41) is 6.74. The average molecular weight is 432 g/mol. The minimum Gasteiger partial charge on any atom is -0.478 e. The van der Waals surface area contributed by atoms with Crippen LogP contribution >= 0.6 is 0 Å². The monoisotopic (exact) mass is 431 g/mol. The van der Waals surface area contributed by atoms with E-state index in [0.717, 1.165) is 48.9 Å². The summed E-state index contributed by atoms with van der Waals surface area (Å²) in [5.74, 6) is 1.30. The van der Waals surface area contributed by atoms with Gasteiger partial charge in [-0.05, 0) is 48.2 Å². The smallest absolute Gasteiger partial charge is 0.257 e. The minimum atomic E-state index is 0.247. The number of nitrogen functional groups attached to an aromatic ring is 1. The van der Waals surface area contributed by atoms with Gasteiger partial charge in [0.25, 0.3) is 5.88 Å². The first-order valence-electron chi connectivity index (χ1n) is 10.5. The number of nitrogens with two attached hydrogens (primary N) is 1. The second kappa shape index (κ2) is 8.72. The fraction of sp³-hybridized carbons (Fsp3) is 0.261. The van der Waals surface area contributed by atoms with Gasteiger partial charge in [-0.15, -0.1) is 0 Å². The molecule has 2 aliphatic heterocycles. The van der Waals surface area contributed by atoms with Crippen LogP contribution in [0.1, 0.15) is 11.1 Å². The van der Waals surface area contributed by atoms with Crippen molar-refractivity contribution in [1.82, 2.24) is 20.3 Å². The number of pyridine rings is 1. The number of hydrogen-bond donors (Lipinski definition) is 3. The molecule has 0 atom stereocenters. The third-order valence-corrected chi connectivity index (χ3v) is 5.55. The summed E-state index contributed by atoms with van der Waals surface area (Å²) in [7, 11) is 1.52. The van der Waals surface area contributed by atoms with Crippen LogP contribution < -0.4 is 26.0 Å². The van der Waals surface area contributed by atoms with Gasteiger partial charge in [0.15, 0.2) is 5.82 Å². The number of rotatable bonds is 5. The molecule has 32 heavy (non-hydrogen) atoms. The van der Waals surface area contributed by atoms with Crippen molar-refractivity contribution in [2.45, 2.75) is 6.54 Å². The lowest BCUT2D eigenvalue weighted by atomic mass is 10.0. The van der Waals surface area contributed by atoms with Gasteiger partial charge in [0.1, 0.15) is 11.5 Å². The lowest BCUT2D eigenvalue weighted by Crippen LogP contribution is -2.36. The van der Waals surface area contributed by atoms with Gasteiger partial charge in [-0.1, -0.05) is 0 Å². The second-order valence-electron chi connectivity index (χ2n) is 7.56. The topological polar surface area (TPSA) is 110 Å². The maximum absolute atomic E-state index is 5.83. The van der Waals surface area contributed by atoms with Gasteiger partial charge in [-0.2, -0.15) is 0 Å². The quantitative estimate of drug-likeness (QED) is 0.561. The number of methoxy groups -OCH3 is 1. The van der Waals surface area contributed by atoms with Crippen LogP contribution in [0.15, 0.2) is 42.7 Å². The van der Waals surface area contributed by atoms with Crippen LogP contribution in [0.4, 0.5) is 23.0 Å². The number of nitrogens with one attached hydrogen (secondary N) is 2. The van der Waals surface area contributed by atoms with Crippen LogP contribution in [0.25, 0.3) is 17.5 Å². The molecule has 164 valence electrons. The van der Waals surface area contributed by atoms with Gasteiger partial charge in [0, 0.05) is 36.6 Å². The van der Waals surface area contributed by atoms with E-state index in [9.17, 15) is 0 Å². The predicted molar refractivity (Wildman–Crippen MR) is 125 cm³/mol. The van der Waals surface area contributed by atoms with Crippen LogP contribution in [0.2, 0.25) is 0 Å². The molecule has 1 aromatic carbocycles. The average Bonchev–Trinajstić information content (AvgIpc) is 2.85. The van der Waals surface area contributed by atoms with Crippen molar-refractivity contribution in [2.24, 2.45) is 0 Å². The lowest BCUT2D eigenvalue weighted by Gasteiger charge is -2.29. The molecule has 0 saturated carbocycles. The van der Waals surface area contributed by atoms with E-state index < -0.39 is 0 Å². The van der Waals surface area contributed by atoms with Crippen molar-refractivity contribution in [3.63, 3.8) is 0 Å². The molecule has 2 aromatic heterocycles. The Kier molecular flexibility index (Phi) is 5.47. The molecule has 3 aromatic rings. The second-order valence-corrected chi connectivity index (χ2v) is 7.56. The summed E-state index contributed by atoms with van der Waals surface area (Å²) in [5.41, 5.74) is 11.4. The Labute approximate surface area is 186 Å². The fourth-order valence-electron chi connectivity index (χ4n) is 3.84. The molecular formula is C23H25N7O2. The summed E-state index contributed by atoms with van der Waals surface area (Å²) in [4.78, 5) is 15.8. The molecule has 1 fully saturated rings. The van der Waals surface area contributed by atoms with Crippen LogP contribution in [-0.4, -0.2) is 48.4 Å². The Hall–Kier alpha value is -3.85. The van der Waals surface area contributed by atoms with E-state index in [1.165, 1.54) is 12.8 Å². The zero-order valence-corrected chi connectivity index (χ0v) is 17.8. The summed E-state index contributed by atoms with van der Waals surface area (Å²) in [6.07, 6.45) is 5.57. The van der Waals surface area contributed by atoms with Crippen LogP contribution in [0.3, 0.4) is 0 Å². The number of fused-ring (bicyclic) bond motifs is 1. The molecular weight excluding hydrogens is 406 g/mol. The van der Waals surface area contributed by atoms with E-state index in [0.29, 0.717) is 17.9 Å². The maximum atomic E-state index is 5.83. The number of ether oxygens (including phenoxy) is 2. The first-order valence-corrected chi connectivity index (χ1v) is 10.5. The molecule has 0 spiro atoms. The number of benzene rings is 1. The highest BCUT2D eigenvalue weighted by Gasteiger charge is 2.17. The molecule has 5 rings (SSSR count). The molecule has 0 aliphatic carbocycles. The normalized spacial score (nSPS) is 15.1. The molecule has 0 unspecified atom stereocenters. The van der Waals surface area contributed by atoms with Crippen molar-refractivity contribution < 1.29 is 9.47 Å². The minimum absolute atomic E-state index is 0.247. The highest BCUT2D eigenvalue weighted by Crippen LogP contribution is 2.31. The van der Waals surface area contributed by atoms with E-state index in [-0.39, 0.29) is 11.7 Å². The zero-order valence-electron chi connectivity index (χ0n) is 17.8. The molecule has 9 heteroatoms. The van der Waals surface area contributed by atoms with Crippen LogP contribution in [0, 0.1) is 0 Å². The first-order chi connectivity index (χ1) is 15.7. The lowest BCUT2D eigenvalue weighted by molar-refractivity contribution is 0.122. The highest BCUT2D eigenvalue weighted by atomic mass is 16.5. The maximum Gasteiger partial charge on any atom is 0.257 e. The van der Waals surface area contributed by atoms with Gasteiger partial charge in [-0.25, -0.2) is 15.0 Å². The van der Waals surface area contributed by atoms with Crippen molar-refractivity contribution in [3.8, 4) is 17.3 Å². The molecule has 1 saturated heterocycles. The van der Waals surface area contributed by atoms with E-state index in [1.807, 2.05) is 18.3 Å². The van der Waals surface area contributed by atoms with Gasteiger partial charge in [0.05, 0.1) is 32.2 Å². The predicted octanol–water partition coefficient (Wildman–Crippen LogP) is 2.78. The number of nitrogens with zero attached hydrogens (tertiary/aromatic N) is 4. The van der Waals surface area contributed by atoms with Gasteiger partial charge in [-0.3, -0.25) is 0 Å². The van der Waals surface area contributed by atoms with Gasteiger partial charge < -0.3 is 30.7 Å². The zero-order chi connectivity index (χ0) is 21.9. The third kappa shape index (κ3) is 4.02. The SMILES string of the molecule is COc1nc(-c2cc3c(c(Nc4ccc(N5CCOCC5)cc4)n2)CNC=C3)cnc1N. The van der Waals surface area contributed by atoms with E-state index in [4.69, 9.17) is 20.2 Å². The standard InChI is InChI=1S/C23H25N7O2/c1-31-23-21(24)26-14-20(29-23)19-12-15-6-7-25-13-18(15)22(28-19)27-16-2-4-17(5-3-16)30-8-10-32-11-9-30/h2-7,12,14,25H,8-11,13H2,1H3,(H2,24,26)(H,27,28). The van der Waals surface area contributed by atoms with Gasteiger partial charge >= 0.3 is 0 Å². The Morgan fingerprint density at radius 2 is 1.94 bits per heavy atom. The van der Waals surface area contributed by atoms with Crippen LogP contribution in [0.5, 0.6) is 5.88 Å². The van der Waals surface area contributed by atoms with E-state index in [1.54, 1.807) is 6.20 Å². The summed E-state index contributed by atoms with van der Waals surface area (Å²) in [6, 6.07) is 10.4. The van der Waals surface area contributed by atoms with Gasteiger partial charge in [0.2, 0.25) is 0 Å². The molecule has 0 bridgehead atoms. The molecule has 4 heterocycles. The fourth-order valence-corrected chi connectivity index (χ4v) is 3.84. The summed E-state index contributed by atoms with van der Waals surface area (Å²) < 4.78 is 10.7. The molecule has 0 radical (unpaired) electrons. The van der Waals surface area contributed by atoms with E-state index in [2.05, 4.69) is 49.8 Å². The number of anilines is 4. The number of aromatic nitrogens is 3. The Balaban J connectivity index is 1.47. The highest BCUT2D eigenvalue weighted by molar-refractivity contribution is 5.73. The molecule has 9 nitrogen and oxygen atoms in total. The Morgan fingerprint density at radius 3 is 2.72 bits per heavy atom. The summed E-state index contributed by atoms with van der Waals surface area (Å²) >= 11 is 0. The van der Waals surface area contributed by atoms with Crippen molar-refractivity contribution in [3.05, 3.63) is 53.9 Å². The van der Waals surface area contributed by atoms with Crippen molar-refractivity contribution in [1.29, 1.82) is 0 Å². The van der Waals surface area contributed by atoms with E-state index >= 15 is 0 Å². The molecule has 4 N–H and O–H groups in total. The van der Waals surface area contributed by atoms with Crippen LogP contribution in [-0.2, 0) is 11.3 Å². The van der Waals surface area contributed by atoms with Crippen molar-refractivity contribution >= 4 is 29.1 Å². The first kappa shape index (κ1) is 20.1. The molecule has 2 aliphatic rings. The Morgan fingerprint density at radius 1 is 1.12 bits per heavy atom. The largest absolute Gasteiger partial charge is 0.478 e. The number of morpholine rings is 1. The third-order valence-electron chi connectivity index (χ3n) is 5.55.